The Morgan fingerprint density at radius 3 is 2.60 bits per heavy atom. The zero-order valence-corrected chi connectivity index (χ0v) is 14.4. The molecular formula is C17H20N6O2. The molecule has 1 atom stereocenters. The number of nitro groups is 1. The quantitative estimate of drug-likeness (QED) is 0.548. The molecule has 2 aromatic heterocycles. The third-order valence-electron chi connectivity index (χ3n) is 4.09. The molecule has 0 aliphatic heterocycles. The SMILES string of the molecule is Cc1ccc(C(CNc2ccc3ncc([N+](=O)[O-])n3n2)N(C)C)cc1. The Bertz CT molecular complexity index is 888. The van der Waals surface area contributed by atoms with Gasteiger partial charge in [0, 0.05) is 12.6 Å². The predicted octanol–water partition coefficient (Wildman–Crippen LogP) is 2.66. The van der Waals surface area contributed by atoms with Gasteiger partial charge in [0.1, 0.15) is 6.20 Å². The minimum absolute atomic E-state index is 0.149. The Hall–Kier alpha value is -3.00. The minimum atomic E-state index is -0.494. The average Bonchev–Trinajstić information content (AvgIpc) is 2.99. The number of anilines is 1. The summed E-state index contributed by atoms with van der Waals surface area (Å²) in [5.41, 5.74) is 2.85. The van der Waals surface area contributed by atoms with Gasteiger partial charge in [-0.3, -0.25) is 0 Å². The van der Waals surface area contributed by atoms with E-state index in [1.165, 1.54) is 21.8 Å². The van der Waals surface area contributed by atoms with Gasteiger partial charge in [-0.2, -0.15) is 0 Å². The Morgan fingerprint density at radius 1 is 1.24 bits per heavy atom. The summed E-state index contributed by atoms with van der Waals surface area (Å²) in [7, 11) is 4.03. The summed E-state index contributed by atoms with van der Waals surface area (Å²) >= 11 is 0. The van der Waals surface area contributed by atoms with Crippen molar-refractivity contribution in [3.05, 3.63) is 63.8 Å². The summed E-state index contributed by atoms with van der Waals surface area (Å²) in [5, 5.41) is 18.6. The first-order valence-corrected chi connectivity index (χ1v) is 7.92. The second kappa shape index (κ2) is 6.86. The number of hydrogen-bond acceptors (Lipinski definition) is 6. The van der Waals surface area contributed by atoms with Gasteiger partial charge in [-0.05, 0) is 37.6 Å². The van der Waals surface area contributed by atoms with Crippen LogP contribution in [0.4, 0.5) is 11.6 Å². The molecule has 0 bridgehead atoms. The highest BCUT2D eigenvalue weighted by Gasteiger charge is 2.17. The largest absolute Gasteiger partial charge is 0.368 e. The number of likely N-dealkylation sites (N-methyl/N-ethyl adjacent to an activating group) is 1. The van der Waals surface area contributed by atoms with Crippen molar-refractivity contribution in [2.24, 2.45) is 0 Å². The summed E-state index contributed by atoms with van der Waals surface area (Å²) in [6, 6.07) is 12.0. The van der Waals surface area contributed by atoms with Gasteiger partial charge in [0.15, 0.2) is 5.82 Å². The zero-order valence-electron chi connectivity index (χ0n) is 14.4. The molecule has 8 heteroatoms. The van der Waals surface area contributed by atoms with Crippen molar-refractivity contribution in [2.45, 2.75) is 13.0 Å². The van der Waals surface area contributed by atoms with Crippen LogP contribution in [0.25, 0.3) is 5.65 Å². The minimum Gasteiger partial charge on any atom is -0.365 e. The lowest BCUT2D eigenvalue weighted by Gasteiger charge is -2.25. The molecular weight excluding hydrogens is 320 g/mol. The van der Waals surface area contributed by atoms with Crippen LogP contribution in [0.2, 0.25) is 0 Å². The molecule has 0 aliphatic rings. The molecule has 3 aromatic rings. The monoisotopic (exact) mass is 340 g/mol. The van der Waals surface area contributed by atoms with Crippen LogP contribution in [0.1, 0.15) is 17.2 Å². The molecule has 1 aromatic carbocycles. The number of hydrogen-bond donors (Lipinski definition) is 1. The van der Waals surface area contributed by atoms with Gasteiger partial charge in [0.05, 0.1) is 6.04 Å². The topological polar surface area (TPSA) is 88.6 Å². The van der Waals surface area contributed by atoms with Crippen molar-refractivity contribution in [3.8, 4) is 0 Å². The van der Waals surface area contributed by atoms with E-state index in [0.29, 0.717) is 18.0 Å². The van der Waals surface area contributed by atoms with Gasteiger partial charge in [-0.1, -0.05) is 39.4 Å². The fourth-order valence-corrected chi connectivity index (χ4v) is 2.67. The summed E-state index contributed by atoms with van der Waals surface area (Å²) in [6.07, 6.45) is 1.21. The molecule has 0 saturated carbocycles. The molecule has 0 amide bonds. The zero-order chi connectivity index (χ0) is 18.0. The van der Waals surface area contributed by atoms with E-state index in [4.69, 9.17) is 0 Å². The first-order valence-electron chi connectivity index (χ1n) is 7.92. The molecule has 1 unspecified atom stereocenters. The van der Waals surface area contributed by atoms with Gasteiger partial charge < -0.3 is 20.3 Å². The van der Waals surface area contributed by atoms with Crippen LogP contribution in [0.15, 0.2) is 42.6 Å². The average molecular weight is 340 g/mol. The van der Waals surface area contributed by atoms with Crippen LogP contribution in [0, 0.1) is 17.0 Å². The highest BCUT2D eigenvalue weighted by molar-refractivity contribution is 5.48. The molecule has 3 rings (SSSR count). The number of benzene rings is 1. The second-order valence-corrected chi connectivity index (χ2v) is 6.13. The first-order chi connectivity index (χ1) is 12.0. The lowest BCUT2D eigenvalue weighted by Crippen LogP contribution is -2.27. The molecule has 0 fully saturated rings. The lowest BCUT2D eigenvalue weighted by atomic mass is 10.0. The van der Waals surface area contributed by atoms with Crippen molar-refractivity contribution in [1.29, 1.82) is 0 Å². The molecule has 130 valence electrons. The van der Waals surface area contributed by atoms with Crippen molar-refractivity contribution < 1.29 is 4.92 Å². The number of aryl methyl sites for hydroxylation is 1. The van der Waals surface area contributed by atoms with E-state index in [1.54, 1.807) is 12.1 Å². The van der Waals surface area contributed by atoms with Gasteiger partial charge >= 0.3 is 5.82 Å². The van der Waals surface area contributed by atoms with Crippen LogP contribution in [-0.2, 0) is 0 Å². The summed E-state index contributed by atoms with van der Waals surface area (Å²) < 4.78 is 1.23. The normalized spacial score (nSPS) is 12.5. The number of nitrogens with zero attached hydrogens (tertiary/aromatic N) is 5. The van der Waals surface area contributed by atoms with Crippen molar-refractivity contribution in [1.82, 2.24) is 19.5 Å². The first kappa shape index (κ1) is 16.8. The van der Waals surface area contributed by atoms with Gasteiger partial charge in [0.25, 0.3) is 0 Å². The predicted molar refractivity (Wildman–Crippen MR) is 95.7 cm³/mol. The summed E-state index contributed by atoms with van der Waals surface area (Å²) in [5.74, 6) is 0.411. The van der Waals surface area contributed by atoms with E-state index in [-0.39, 0.29) is 11.9 Å². The van der Waals surface area contributed by atoms with Crippen LogP contribution in [0.5, 0.6) is 0 Å². The molecule has 8 nitrogen and oxygen atoms in total. The molecule has 2 heterocycles. The molecule has 1 N–H and O–H groups in total. The maximum Gasteiger partial charge on any atom is 0.368 e. The molecule has 0 saturated heterocycles. The van der Waals surface area contributed by atoms with Crippen LogP contribution >= 0.6 is 0 Å². The number of fused-ring (bicyclic) bond motifs is 1. The number of nitrogens with one attached hydrogen (secondary N) is 1. The van der Waals surface area contributed by atoms with E-state index < -0.39 is 4.92 Å². The van der Waals surface area contributed by atoms with Gasteiger partial charge in [-0.25, -0.2) is 4.98 Å². The third-order valence-corrected chi connectivity index (χ3v) is 4.09. The van der Waals surface area contributed by atoms with E-state index in [9.17, 15) is 10.1 Å². The van der Waals surface area contributed by atoms with Crippen LogP contribution in [0.3, 0.4) is 0 Å². The van der Waals surface area contributed by atoms with E-state index in [2.05, 4.69) is 51.5 Å². The highest BCUT2D eigenvalue weighted by Crippen LogP contribution is 2.20. The smallest absolute Gasteiger partial charge is 0.365 e. The highest BCUT2D eigenvalue weighted by atomic mass is 16.6. The fraction of sp³-hybridized carbons (Fsp3) is 0.294. The number of imidazole rings is 1. The maximum absolute atomic E-state index is 11.0. The third kappa shape index (κ3) is 3.58. The standard InChI is InChI=1S/C17H20N6O2/c1-12-4-6-13(7-5-12)14(21(2)3)10-18-15-8-9-16-19-11-17(23(24)25)22(16)20-15/h4-9,11,14H,10H2,1-3H3,(H,18,20). The number of aromatic nitrogens is 3. The van der Waals surface area contributed by atoms with Crippen molar-refractivity contribution in [2.75, 3.05) is 26.0 Å². The fourth-order valence-electron chi connectivity index (χ4n) is 2.67. The molecule has 0 aliphatic carbocycles. The Morgan fingerprint density at radius 2 is 1.96 bits per heavy atom. The molecule has 0 radical (unpaired) electrons. The Labute approximate surface area is 145 Å². The molecule has 0 spiro atoms. The maximum atomic E-state index is 11.0. The number of rotatable bonds is 6. The van der Waals surface area contributed by atoms with Crippen molar-refractivity contribution in [3.63, 3.8) is 0 Å². The van der Waals surface area contributed by atoms with Crippen molar-refractivity contribution >= 4 is 17.3 Å². The summed E-state index contributed by atoms with van der Waals surface area (Å²) in [6.45, 7) is 2.68. The second-order valence-electron chi connectivity index (χ2n) is 6.13. The molecule has 25 heavy (non-hydrogen) atoms. The van der Waals surface area contributed by atoms with Crippen LogP contribution < -0.4 is 5.32 Å². The Kier molecular flexibility index (Phi) is 4.62. The van der Waals surface area contributed by atoms with E-state index in [0.717, 1.165) is 0 Å². The van der Waals surface area contributed by atoms with Gasteiger partial charge in [-0.15, -0.1) is 0 Å². The summed E-state index contributed by atoms with van der Waals surface area (Å²) in [4.78, 5) is 16.6. The lowest BCUT2D eigenvalue weighted by molar-refractivity contribution is -0.391. The van der Waals surface area contributed by atoms with E-state index in [1.807, 2.05) is 14.1 Å². The van der Waals surface area contributed by atoms with E-state index >= 15 is 0 Å². The Balaban J connectivity index is 1.81. The van der Waals surface area contributed by atoms with Crippen LogP contribution in [-0.4, -0.2) is 45.1 Å². The van der Waals surface area contributed by atoms with Gasteiger partial charge in [0.2, 0.25) is 5.65 Å².